The largest absolute Gasteiger partial charge is 0.205 e. The summed E-state index contributed by atoms with van der Waals surface area (Å²) in [7, 11) is 0. The summed E-state index contributed by atoms with van der Waals surface area (Å²) in [6.07, 6.45) is 24.3. The Balaban J connectivity index is 0.000000228. The quantitative estimate of drug-likeness (QED) is 0.0910. The van der Waals surface area contributed by atoms with Crippen molar-refractivity contribution in [1.82, 2.24) is 0 Å². The summed E-state index contributed by atoms with van der Waals surface area (Å²) in [5.74, 6) is 9.97. The number of hydrogen-bond donors (Lipinski definition) is 0. The van der Waals surface area contributed by atoms with Crippen LogP contribution in [-0.2, 0) is 12.8 Å². The molecule has 0 unspecified atom stereocenters. The van der Waals surface area contributed by atoms with E-state index in [-0.39, 0.29) is 11.1 Å². The van der Waals surface area contributed by atoms with E-state index in [0.717, 1.165) is 56.4 Å². The summed E-state index contributed by atoms with van der Waals surface area (Å²) in [4.78, 5) is 0. The zero-order chi connectivity index (χ0) is 42.7. The van der Waals surface area contributed by atoms with Gasteiger partial charge in [0.1, 0.15) is 46.5 Å². The Labute approximate surface area is 355 Å². The van der Waals surface area contributed by atoms with Crippen molar-refractivity contribution >= 4 is 0 Å². The summed E-state index contributed by atoms with van der Waals surface area (Å²) < 4.78 is 54.5. The van der Waals surface area contributed by atoms with Crippen LogP contribution in [0, 0.1) is 81.4 Å². The average molecular weight is 807 g/mol. The molecule has 0 bridgehead atoms. The molecule has 0 atom stereocenters. The third kappa shape index (κ3) is 13.6. The molecular formula is C54H54F4N2. The summed E-state index contributed by atoms with van der Waals surface area (Å²) in [6, 6.07) is 25.7. The first-order valence-corrected chi connectivity index (χ1v) is 21.5. The van der Waals surface area contributed by atoms with Gasteiger partial charge in [0.15, 0.2) is 0 Å². The molecule has 0 heterocycles. The molecule has 0 spiro atoms. The van der Waals surface area contributed by atoms with Crippen molar-refractivity contribution in [2.75, 3.05) is 0 Å². The normalized spacial score (nSPS) is 18.6. The second-order valence-corrected chi connectivity index (χ2v) is 16.0. The first-order valence-electron chi connectivity index (χ1n) is 21.5. The zero-order valence-electron chi connectivity index (χ0n) is 34.9. The SMILES string of the molecule is CCCCCc1ccc(C2CCC(C=CC#Cc3cc(F)c(C#N)c(F)c3)CC2)cc1.CCCc1ccc(C2CCC(C=CC#Cc3cc(F)c(C#N)c(F)c3)CC2)cc1. The first kappa shape index (κ1) is 45.3. The van der Waals surface area contributed by atoms with Gasteiger partial charge in [-0.2, -0.15) is 10.5 Å². The molecule has 0 N–H and O–H groups in total. The van der Waals surface area contributed by atoms with Crippen molar-refractivity contribution in [2.24, 2.45) is 11.8 Å². The lowest BCUT2D eigenvalue weighted by molar-refractivity contribution is 0.376. The van der Waals surface area contributed by atoms with Crippen LogP contribution in [0.5, 0.6) is 0 Å². The van der Waals surface area contributed by atoms with E-state index in [0.29, 0.717) is 23.7 Å². The van der Waals surface area contributed by atoms with Gasteiger partial charge in [-0.1, -0.05) is 117 Å². The number of unbranched alkanes of at least 4 members (excludes halogenated alkanes) is 2. The van der Waals surface area contributed by atoms with Gasteiger partial charge in [-0.05, 0) is 153 Å². The molecule has 6 rings (SSSR count). The number of nitrogens with zero attached hydrogens (tertiary/aromatic N) is 2. The lowest BCUT2D eigenvalue weighted by atomic mass is 9.78. The Hall–Kier alpha value is -5.82. The van der Waals surface area contributed by atoms with Crippen molar-refractivity contribution in [2.45, 2.75) is 116 Å². The fourth-order valence-electron chi connectivity index (χ4n) is 8.19. The molecule has 2 aliphatic carbocycles. The van der Waals surface area contributed by atoms with E-state index >= 15 is 0 Å². The van der Waals surface area contributed by atoms with Crippen LogP contribution in [-0.4, -0.2) is 0 Å². The van der Waals surface area contributed by atoms with E-state index < -0.39 is 34.4 Å². The van der Waals surface area contributed by atoms with Crippen LogP contribution in [0.3, 0.4) is 0 Å². The number of hydrogen-bond acceptors (Lipinski definition) is 2. The van der Waals surface area contributed by atoms with E-state index in [1.54, 1.807) is 12.2 Å². The molecule has 0 amide bonds. The lowest BCUT2D eigenvalue weighted by Crippen LogP contribution is -2.11. The molecule has 4 aromatic carbocycles. The lowest BCUT2D eigenvalue weighted by Gasteiger charge is -2.27. The number of nitriles is 2. The maximum atomic E-state index is 13.6. The fraction of sp³-hybridized carbons (Fsp3) is 0.370. The first-order chi connectivity index (χ1) is 29.2. The van der Waals surface area contributed by atoms with Crippen LogP contribution < -0.4 is 0 Å². The number of aryl methyl sites for hydroxylation is 2. The summed E-state index contributed by atoms with van der Waals surface area (Å²) in [5.41, 5.74) is 5.08. The molecule has 2 aliphatic rings. The minimum atomic E-state index is -0.873. The second kappa shape index (κ2) is 23.7. The number of allylic oxidation sites excluding steroid dienone is 4. The van der Waals surface area contributed by atoms with E-state index in [1.165, 1.54) is 92.2 Å². The van der Waals surface area contributed by atoms with Crippen LogP contribution in [0.2, 0.25) is 0 Å². The van der Waals surface area contributed by atoms with Crippen LogP contribution in [0.25, 0.3) is 0 Å². The number of halogens is 4. The smallest absolute Gasteiger partial charge is 0.145 e. The van der Waals surface area contributed by atoms with Gasteiger partial charge in [0.05, 0.1) is 0 Å². The van der Waals surface area contributed by atoms with Gasteiger partial charge in [-0.15, -0.1) is 0 Å². The van der Waals surface area contributed by atoms with Crippen molar-refractivity contribution in [3.8, 4) is 35.8 Å². The van der Waals surface area contributed by atoms with E-state index in [9.17, 15) is 17.6 Å². The van der Waals surface area contributed by atoms with Crippen LogP contribution >= 0.6 is 0 Å². The Morgan fingerprint density at radius 1 is 0.517 bits per heavy atom. The highest BCUT2D eigenvalue weighted by Gasteiger charge is 2.22. The minimum absolute atomic E-state index is 0.235. The molecule has 60 heavy (non-hydrogen) atoms. The molecule has 2 nitrogen and oxygen atoms in total. The van der Waals surface area contributed by atoms with Gasteiger partial charge in [-0.25, -0.2) is 17.6 Å². The van der Waals surface area contributed by atoms with Crippen LogP contribution in [0.1, 0.15) is 147 Å². The Bertz CT molecular complexity index is 2240. The van der Waals surface area contributed by atoms with Gasteiger partial charge in [0, 0.05) is 11.1 Å². The van der Waals surface area contributed by atoms with E-state index in [1.807, 2.05) is 0 Å². The molecule has 4 aromatic rings. The van der Waals surface area contributed by atoms with Gasteiger partial charge < -0.3 is 0 Å². The van der Waals surface area contributed by atoms with Crippen molar-refractivity contribution in [3.05, 3.63) is 165 Å². The molecule has 2 saturated carbocycles. The fourth-order valence-corrected chi connectivity index (χ4v) is 8.19. The van der Waals surface area contributed by atoms with Crippen molar-refractivity contribution in [3.63, 3.8) is 0 Å². The summed E-state index contributed by atoms with van der Waals surface area (Å²) >= 11 is 0. The second-order valence-electron chi connectivity index (χ2n) is 16.0. The molecule has 308 valence electrons. The van der Waals surface area contributed by atoms with Gasteiger partial charge >= 0.3 is 0 Å². The van der Waals surface area contributed by atoms with Crippen molar-refractivity contribution < 1.29 is 17.6 Å². The third-order valence-corrected chi connectivity index (χ3v) is 11.7. The standard InChI is InChI=1S/C28H29F2N.C26H25F2N/c1-2-3-4-7-21-10-14-24(15-11-21)25-16-12-22(13-17-25)8-5-6-9-23-18-27(29)26(20-31)28(30)19-23;1-2-5-19-8-12-22(13-9-19)23-14-10-20(11-15-23)6-3-4-7-21-16-25(27)24(18-29)26(28)17-21/h5,8,10-11,14-15,18-19,22,25H,2-4,7,12-13,16-17H2,1H3;3,6,8-9,12-13,16-17,20,23H,2,5,10-11,14-15H2,1H3. The maximum absolute atomic E-state index is 13.6. The molecule has 6 heteroatoms. The molecule has 0 aliphatic heterocycles. The average Bonchev–Trinajstić information content (AvgIpc) is 3.25. The van der Waals surface area contributed by atoms with Crippen LogP contribution in [0.15, 0.2) is 97.1 Å². The molecular weight excluding hydrogens is 753 g/mol. The van der Waals surface area contributed by atoms with Gasteiger partial charge in [0.25, 0.3) is 0 Å². The molecule has 0 aromatic heterocycles. The molecule has 0 saturated heterocycles. The Morgan fingerprint density at radius 3 is 1.25 bits per heavy atom. The predicted octanol–water partition coefficient (Wildman–Crippen LogP) is 14.1. The summed E-state index contributed by atoms with van der Waals surface area (Å²) in [5, 5.41) is 17.4. The molecule has 2 fully saturated rings. The monoisotopic (exact) mass is 806 g/mol. The Morgan fingerprint density at radius 2 is 0.900 bits per heavy atom. The highest BCUT2D eigenvalue weighted by Crippen LogP contribution is 2.37. The summed E-state index contributed by atoms with van der Waals surface area (Å²) in [6.45, 7) is 4.44. The number of rotatable bonds is 10. The topological polar surface area (TPSA) is 47.6 Å². The molecule has 0 radical (unpaired) electrons. The maximum Gasteiger partial charge on any atom is 0.145 e. The zero-order valence-corrected chi connectivity index (χ0v) is 34.9. The van der Waals surface area contributed by atoms with Gasteiger partial charge in [0.2, 0.25) is 0 Å². The predicted molar refractivity (Wildman–Crippen MR) is 234 cm³/mol. The number of benzene rings is 4. The van der Waals surface area contributed by atoms with E-state index in [2.05, 4.69) is 98.2 Å². The third-order valence-electron chi connectivity index (χ3n) is 11.7. The van der Waals surface area contributed by atoms with E-state index in [4.69, 9.17) is 10.5 Å². The Kier molecular flexibility index (Phi) is 17.9. The van der Waals surface area contributed by atoms with Crippen molar-refractivity contribution in [1.29, 1.82) is 10.5 Å². The van der Waals surface area contributed by atoms with Gasteiger partial charge in [-0.3, -0.25) is 0 Å². The van der Waals surface area contributed by atoms with Crippen LogP contribution in [0.4, 0.5) is 17.6 Å². The highest BCUT2D eigenvalue weighted by molar-refractivity contribution is 5.44. The minimum Gasteiger partial charge on any atom is -0.205 e. The highest BCUT2D eigenvalue weighted by atomic mass is 19.1.